The van der Waals surface area contributed by atoms with E-state index in [1.807, 2.05) is 13.8 Å². The van der Waals surface area contributed by atoms with Gasteiger partial charge in [-0.3, -0.25) is 4.79 Å². The van der Waals surface area contributed by atoms with Gasteiger partial charge in [0.2, 0.25) is 6.79 Å². The Morgan fingerprint density at radius 3 is 2.79 bits per heavy atom. The van der Waals surface area contributed by atoms with Crippen molar-refractivity contribution in [3.63, 3.8) is 0 Å². The molecule has 0 spiro atoms. The van der Waals surface area contributed by atoms with Crippen LogP contribution in [0.5, 0.6) is 11.5 Å². The van der Waals surface area contributed by atoms with Crippen LogP contribution in [-0.4, -0.2) is 13.1 Å². The monoisotopic (exact) mass is 192 g/mol. The number of benzene rings is 1. The molecule has 0 fully saturated rings. The summed E-state index contributed by atoms with van der Waals surface area (Å²) in [5.41, 5.74) is 1.62. The van der Waals surface area contributed by atoms with Crippen LogP contribution >= 0.6 is 0 Å². The maximum atomic E-state index is 10.8. The molecular weight excluding hydrogens is 180 g/mol. The minimum absolute atomic E-state index is 0.247. The summed E-state index contributed by atoms with van der Waals surface area (Å²) in [6.45, 7) is 4.31. The molecule has 0 atom stereocenters. The molecule has 0 N–H and O–H groups in total. The highest BCUT2D eigenvalue weighted by Gasteiger charge is 2.22. The summed E-state index contributed by atoms with van der Waals surface area (Å²) < 4.78 is 10.6. The molecule has 0 unspecified atom stereocenters. The number of aldehydes is 1. The number of fused-ring (bicyclic) bond motifs is 1. The zero-order valence-electron chi connectivity index (χ0n) is 8.24. The first-order valence-electron chi connectivity index (χ1n) is 4.61. The highest BCUT2D eigenvalue weighted by atomic mass is 16.7. The van der Waals surface area contributed by atoms with E-state index in [0.717, 1.165) is 23.3 Å². The zero-order chi connectivity index (χ0) is 10.1. The largest absolute Gasteiger partial charge is 0.454 e. The van der Waals surface area contributed by atoms with Crippen LogP contribution in [0.4, 0.5) is 0 Å². The Morgan fingerprint density at radius 1 is 1.36 bits per heavy atom. The van der Waals surface area contributed by atoms with Crippen molar-refractivity contribution >= 4 is 6.29 Å². The van der Waals surface area contributed by atoms with Crippen molar-refractivity contribution < 1.29 is 14.3 Å². The molecule has 0 bridgehead atoms. The van der Waals surface area contributed by atoms with Crippen LogP contribution in [0, 0.1) is 0 Å². The number of hydrogen-bond acceptors (Lipinski definition) is 3. The van der Waals surface area contributed by atoms with Crippen molar-refractivity contribution in [1.29, 1.82) is 0 Å². The van der Waals surface area contributed by atoms with Crippen LogP contribution < -0.4 is 9.47 Å². The molecule has 1 aromatic rings. The van der Waals surface area contributed by atoms with E-state index in [2.05, 4.69) is 0 Å². The molecule has 0 saturated heterocycles. The third-order valence-electron chi connectivity index (χ3n) is 2.32. The number of carbonyl (C=O) groups excluding carboxylic acids is 1. The van der Waals surface area contributed by atoms with E-state index >= 15 is 0 Å². The summed E-state index contributed by atoms with van der Waals surface area (Å²) >= 11 is 0. The van der Waals surface area contributed by atoms with Crippen molar-refractivity contribution in [2.45, 2.75) is 19.8 Å². The molecule has 0 aromatic heterocycles. The summed E-state index contributed by atoms with van der Waals surface area (Å²) in [6.07, 6.45) is 0.858. The van der Waals surface area contributed by atoms with Crippen LogP contribution in [0.1, 0.15) is 35.7 Å². The first-order chi connectivity index (χ1) is 6.74. The van der Waals surface area contributed by atoms with E-state index < -0.39 is 0 Å². The van der Waals surface area contributed by atoms with Crippen LogP contribution in [0.2, 0.25) is 0 Å². The first kappa shape index (κ1) is 9.06. The van der Waals surface area contributed by atoms with Gasteiger partial charge in [-0.1, -0.05) is 13.8 Å². The van der Waals surface area contributed by atoms with Gasteiger partial charge in [0.1, 0.15) is 6.29 Å². The fraction of sp³-hybridized carbons (Fsp3) is 0.364. The van der Waals surface area contributed by atoms with Gasteiger partial charge in [-0.05, 0) is 18.1 Å². The zero-order valence-corrected chi connectivity index (χ0v) is 8.24. The third kappa shape index (κ3) is 1.25. The Morgan fingerprint density at radius 2 is 2.14 bits per heavy atom. The van der Waals surface area contributed by atoms with Gasteiger partial charge in [-0.2, -0.15) is 0 Å². The van der Waals surface area contributed by atoms with E-state index in [-0.39, 0.29) is 12.7 Å². The van der Waals surface area contributed by atoms with Crippen molar-refractivity contribution in [3.8, 4) is 11.5 Å². The Hall–Kier alpha value is -1.51. The van der Waals surface area contributed by atoms with Crippen molar-refractivity contribution in [2.24, 2.45) is 0 Å². The molecule has 1 aliphatic heterocycles. The van der Waals surface area contributed by atoms with Gasteiger partial charge in [-0.25, -0.2) is 0 Å². The highest BCUT2D eigenvalue weighted by Crippen LogP contribution is 2.40. The predicted molar refractivity (Wildman–Crippen MR) is 52.0 cm³/mol. The maximum Gasteiger partial charge on any atom is 0.231 e. The third-order valence-corrected chi connectivity index (χ3v) is 2.32. The predicted octanol–water partition coefficient (Wildman–Crippen LogP) is 2.35. The summed E-state index contributed by atoms with van der Waals surface area (Å²) in [6, 6.07) is 3.55. The average Bonchev–Trinajstić information content (AvgIpc) is 2.62. The van der Waals surface area contributed by atoms with Gasteiger partial charge >= 0.3 is 0 Å². The molecule has 74 valence electrons. The normalized spacial score (nSPS) is 13.4. The summed E-state index contributed by atoms with van der Waals surface area (Å²) in [5, 5.41) is 0. The topological polar surface area (TPSA) is 35.5 Å². The van der Waals surface area contributed by atoms with Crippen molar-refractivity contribution in [3.05, 3.63) is 23.3 Å². The number of carbonyl (C=O) groups is 1. The Balaban J connectivity index is 2.62. The summed E-state index contributed by atoms with van der Waals surface area (Å²) in [5.74, 6) is 1.72. The molecule has 0 aliphatic carbocycles. The van der Waals surface area contributed by atoms with E-state index in [9.17, 15) is 4.79 Å². The summed E-state index contributed by atoms with van der Waals surface area (Å²) in [4.78, 5) is 10.8. The molecule has 0 saturated carbocycles. The minimum Gasteiger partial charge on any atom is -0.454 e. The second-order valence-electron chi connectivity index (χ2n) is 3.57. The number of rotatable bonds is 2. The van der Waals surface area contributed by atoms with Crippen LogP contribution in [0.15, 0.2) is 12.1 Å². The van der Waals surface area contributed by atoms with Crippen LogP contribution in [0.25, 0.3) is 0 Å². The van der Waals surface area contributed by atoms with Crippen LogP contribution in [0.3, 0.4) is 0 Å². The molecule has 1 heterocycles. The molecule has 3 nitrogen and oxygen atoms in total. The fourth-order valence-corrected chi connectivity index (χ4v) is 1.71. The molecule has 3 heteroatoms. The van der Waals surface area contributed by atoms with Gasteiger partial charge in [-0.15, -0.1) is 0 Å². The molecule has 1 aromatic carbocycles. The van der Waals surface area contributed by atoms with E-state index in [4.69, 9.17) is 9.47 Å². The van der Waals surface area contributed by atoms with Gasteiger partial charge < -0.3 is 9.47 Å². The highest BCUT2D eigenvalue weighted by molar-refractivity contribution is 5.80. The Kier molecular flexibility index (Phi) is 2.15. The minimum atomic E-state index is 0.247. The lowest BCUT2D eigenvalue weighted by molar-refractivity contribution is 0.112. The average molecular weight is 192 g/mol. The quantitative estimate of drug-likeness (QED) is 0.675. The second-order valence-corrected chi connectivity index (χ2v) is 3.57. The smallest absolute Gasteiger partial charge is 0.231 e. The lowest BCUT2D eigenvalue weighted by Crippen LogP contribution is -1.98. The first-order valence-corrected chi connectivity index (χ1v) is 4.61. The molecule has 1 aliphatic rings. The Bertz CT molecular complexity index is 369. The van der Waals surface area contributed by atoms with Gasteiger partial charge in [0.15, 0.2) is 11.5 Å². The standard InChI is InChI=1S/C11H12O3/c1-7(2)10-8(5-12)3-4-9-11(10)14-6-13-9/h3-5,7H,6H2,1-2H3. The van der Waals surface area contributed by atoms with Crippen LogP contribution in [-0.2, 0) is 0 Å². The van der Waals surface area contributed by atoms with Gasteiger partial charge in [0.25, 0.3) is 0 Å². The summed E-state index contributed by atoms with van der Waals surface area (Å²) in [7, 11) is 0. The molecular formula is C11H12O3. The molecule has 14 heavy (non-hydrogen) atoms. The lowest BCUT2D eigenvalue weighted by Gasteiger charge is -2.11. The Labute approximate surface area is 82.6 Å². The van der Waals surface area contributed by atoms with E-state index in [0.29, 0.717) is 5.56 Å². The number of hydrogen-bond donors (Lipinski definition) is 0. The molecule has 0 amide bonds. The molecule has 2 rings (SSSR count). The maximum absolute atomic E-state index is 10.8. The van der Waals surface area contributed by atoms with Gasteiger partial charge in [0.05, 0.1) is 0 Å². The second kappa shape index (κ2) is 3.33. The van der Waals surface area contributed by atoms with Gasteiger partial charge in [0, 0.05) is 11.1 Å². The lowest BCUT2D eigenvalue weighted by atomic mass is 9.96. The van der Waals surface area contributed by atoms with Crippen molar-refractivity contribution in [1.82, 2.24) is 0 Å². The fourth-order valence-electron chi connectivity index (χ4n) is 1.71. The van der Waals surface area contributed by atoms with E-state index in [1.54, 1.807) is 12.1 Å². The molecule has 0 radical (unpaired) electrons. The van der Waals surface area contributed by atoms with E-state index in [1.165, 1.54) is 0 Å². The number of ether oxygens (including phenoxy) is 2. The SMILES string of the molecule is CC(C)c1c(C=O)ccc2c1OCO2. The van der Waals surface area contributed by atoms with Crippen molar-refractivity contribution in [2.75, 3.05) is 6.79 Å².